The number of hydrogen-bond donors (Lipinski definition) is 3. The minimum Gasteiger partial charge on any atom is -0.352 e. The molecule has 2 heterocycles. The molecule has 3 N–H and O–H groups in total. The molecular formula is C14H13F2N5O2S. The zero-order chi connectivity index (χ0) is 17.1. The van der Waals surface area contributed by atoms with Crippen LogP contribution in [0, 0.1) is 0 Å². The Bertz CT molecular complexity index is 780. The molecule has 7 nitrogen and oxygen atoms in total. The summed E-state index contributed by atoms with van der Waals surface area (Å²) in [7, 11) is 0. The minimum atomic E-state index is -2.72. The van der Waals surface area contributed by atoms with E-state index in [0.29, 0.717) is 36.4 Å². The first kappa shape index (κ1) is 16.2. The molecule has 24 heavy (non-hydrogen) atoms. The summed E-state index contributed by atoms with van der Waals surface area (Å²) < 4.78 is 24.9. The Morgan fingerprint density at radius 1 is 1.21 bits per heavy atom. The van der Waals surface area contributed by atoms with Gasteiger partial charge in [0, 0.05) is 18.7 Å². The second-order valence-electron chi connectivity index (χ2n) is 5.09. The Hall–Kier alpha value is -2.62. The number of anilines is 2. The van der Waals surface area contributed by atoms with E-state index in [2.05, 4.69) is 26.1 Å². The number of carbonyl (C=O) groups excluding carboxylic acids is 2. The number of halogens is 2. The second-order valence-corrected chi connectivity index (χ2v) is 6.09. The second kappa shape index (κ2) is 6.87. The molecule has 0 atom stereocenters. The monoisotopic (exact) mass is 353 g/mol. The van der Waals surface area contributed by atoms with Gasteiger partial charge in [-0.15, -0.1) is 10.2 Å². The molecule has 0 bridgehead atoms. The van der Waals surface area contributed by atoms with Crippen LogP contribution in [-0.2, 0) is 17.8 Å². The van der Waals surface area contributed by atoms with Crippen molar-refractivity contribution in [1.82, 2.24) is 15.5 Å². The number of nitrogens with zero attached hydrogens (tertiary/aromatic N) is 2. The first-order valence-electron chi connectivity index (χ1n) is 7.09. The molecule has 0 saturated carbocycles. The van der Waals surface area contributed by atoms with Crippen LogP contribution < -0.4 is 16.0 Å². The zero-order valence-corrected chi connectivity index (χ0v) is 13.1. The highest BCUT2D eigenvalue weighted by molar-refractivity contribution is 7.15. The van der Waals surface area contributed by atoms with Crippen LogP contribution in [0.1, 0.15) is 29.0 Å². The van der Waals surface area contributed by atoms with Gasteiger partial charge in [-0.2, -0.15) is 0 Å². The maximum atomic E-state index is 12.4. The SMILES string of the molecule is O=C1CCc2ccc(NC(=O)Nc3nnc(C(F)F)s3)cc2CN1. The molecule has 0 fully saturated rings. The van der Waals surface area contributed by atoms with E-state index in [-0.39, 0.29) is 11.0 Å². The van der Waals surface area contributed by atoms with E-state index >= 15 is 0 Å². The van der Waals surface area contributed by atoms with Gasteiger partial charge in [-0.1, -0.05) is 17.4 Å². The van der Waals surface area contributed by atoms with Gasteiger partial charge in [0.15, 0.2) is 5.01 Å². The number of urea groups is 1. The van der Waals surface area contributed by atoms with Crippen molar-refractivity contribution in [3.05, 3.63) is 34.3 Å². The molecule has 0 aliphatic carbocycles. The summed E-state index contributed by atoms with van der Waals surface area (Å²) in [6, 6.07) is 4.74. The number of fused-ring (bicyclic) bond motifs is 1. The highest BCUT2D eigenvalue weighted by atomic mass is 32.1. The lowest BCUT2D eigenvalue weighted by atomic mass is 10.0. The van der Waals surface area contributed by atoms with Crippen molar-refractivity contribution in [2.24, 2.45) is 0 Å². The third kappa shape index (κ3) is 3.82. The summed E-state index contributed by atoms with van der Waals surface area (Å²) in [5.41, 5.74) is 2.50. The molecule has 2 aromatic rings. The minimum absolute atomic E-state index is 0.00942. The van der Waals surface area contributed by atoms with Crippen LogP contribution in [0.25, 0.3) is 0 Å². The third-order valence-corrected chi connectivity index (χ3v) is 4.26. The van der Waals surface area contributed by atoms with Crippen LogP contribution in [0.15, 0.2) is 18.2 Å². The summed E-state index contributed by atoms with van der Waals surface area (Å²) in [5, 5.41) is 14.0. The summed E-state index contributed by atoms with van der Waals surface area (Å²) in [4.78, 5) is 23.3. The van der Waals surface area contributed by atoms with Crippen molar-refractivity contribution in [3.63, 3.8) is 0 Å². The van der Waals surface area contributed by atoms with Crippen molar-refractivity contribution < 1.29 is 18.4 Å². The molecular weight excluding hydrogens is 340 g/mol. The largest absolute Gasteiger partial charge is 0.352 e. The molecule has 0 saturated heterocycles. The molecule has 0 spiro atoms. The average Bonchev–Trinajstić information content (AvgIpc) is 2.92. The van der Waals surface area contributed by atoms with Crippen LogP contribution in [0.5, 0.6) is 0 Å². The fourth-order valence-electron chi connectivity index (χ4n) is 2.28. The smallest absolute Gasteiger partial charge is 0.325 e. The van der Waals surface area contributed by atoms with Gasteiger partial charge in [-0.3, -0.25) is 10.1 Å². The Labute approximate surface area is 139 Å². The van der Waals surface area contributed by atoms with Crippen molar-refractivity contribution in [3.8, 4) is 0 Å². The Balaban J connectivity index is 1.65. The highest BCUT2D eigenvalue weighted by Crippen LogP contribution is 2.25. The normalized spacial score (nSPS) is 13.9. The molecule has 126 valence electrons. The Kier molecular flexibility index (Phi) is 4.65. The van der Waals surface area contributed by atoms with Gasteiger partial charge in [-0.05, 0) is 29.7 Å². The maximum absolute atomic E-state index is 12.4. The number of nitrogens with one attached hydrogen (secondary N) is 3. The standard InChI is InChI=1S/C14H13F2N5O2S/c15-11(16)12-20-21-14(24-12)19-13(23)18-9-3-1-7-2-4-10(22)17-6-8(7)5-9/h1,3,5,11H,2,4,6H2,(H,17,22)(H2,18,19,21,23). The lowest BCUT2D eigenvalue weighted by Crippen LogP contribution is -2.21. The number of alkyl halides is 2. The fraction of sp³-hybridized carbons (Fsp3) is 0.286. The van der Waals surface area contributed by atoms with E-state index in [1.165, 1.54) is 0 Å². The van der Waals surface area contributed by atoms with Crippen molar-refractivity contribution in [2.45, 2.75) is 25.8 Å². The van der Waals surface area contributed by atoms with Gasteiger partial charge in [0.05, 0.1) is 0 Å². The molecule has 3 rings (SSSR count). The first-order valence-corrected chi connectivity index (χ1v) is 7.91. The van der Waals surface area contributed by atoms with E-state index < -0.39 is 17.5 Å². The predicted molar refractivity (Wildman–Crippen MR) is 84.1 cm³/mol. The van der Waals surface area contributed by atoms with E-state index in [0.717, 1.165) is 11.1 Å². The van der Waals surface area contributed by atoms with Crippen LogP contribution in [0.3, 0.4) is 0 Å². The van der Waals surface area contributed by atoms with Gasteiger partial charge in [0.1, 0.15) is 0 Å². The Morgan fingerprint density at radius 3 is 2.79 bits per heavy atom. The molecule has 0 unspecified atom stereocenters. The highest BCUT2D eigenvalue weighted by Gasteiger charge is 2.16. The van der Waals surface area contributed by atoms with Crippen molar-refractivity contribution in [2.75, 3.05) is 10.6 Å². The van der Waals surface area contributed by atoms with Gasteiger partial charge >= 0.3 is 6.03 Å². The zero-order valence-electron chi connectivity index (χ0n) is 12.3. The number of hydrogen-bond acceptors (Lipinski definition) is 5. The van der Waals surface area contributed by atoms with Crippen LogP contribution >= 0.6 is 11.3 Å². The van der Waals surface area contributed by atoms with E-state index in [1.807, 2.05) is 6.07 Å². The van der Waals surface area contributed by atoms with Crippen LogP contribution in [0.4, 0.5) is 24.4 Å². The number of rotatable bonds is 3. The van der Waals surface area contributed by atoms with Crippen molar-refractivity contribution >= 4 is 34.1 Å². The number of aromatic nitrogens is 2. The molecule has 1 aromatic heterocycles. The number of benzene rings is 1. The summed E-state index contributed by atoms with van der Waals surface area (Å²) in [6.07, 6.45) is -1.64. The van der Waals surface area contributed by atoms with E-state index in [9.17, 15) is 18.4 Å². The van der Waals surface area contributed by atoms with Crippen molar-refractivity contribution in [1.29, 1.82) is 0 Å². The van der Waals surface area contributed by atoms with E-state index in [4.69, 9.17) is 0 Å². The molecule has 0 radical (unpaired) electrons. The predicted octanol–water partition coefficient (Wildman–Crippen LogP) is 2.68. The first-order chi connectivity index (χ1) is 11.5. The number of amides is 3. The van der Waals surface area contributed by atoms with E-state index in [1.54, 1.807) is 12.1 Å². The van der Waals surface area contributed by atoms with Gasteiger partial charge in [0.25, 0.3) is 6.43 Å². The van der Waals surface area contributed by atoms with Gasteiger partial charge in [-0.25, -0.2) is 13.6 Å². The van der Waals surface area contributed by atoms with Gasteiger partial charge in [0.2, 0.25) is 11.0 Å². The number of aryl methyl sites for hydroxylation is 1. The number of carbonyl (C=O) groups is 2. The fourth-order valence-corrected chi connectivity index (χ4v) is 2.87. The molecule has 3 amide bonds. The van der Waals surface area contributed by atoms with Crippen LogP contribution in [-0.4, -0.2) is 22.1 Å². The van der Waals surface area contributed by atoms with Crippen LogP contribution in [0.2, 0.25) is 0 Å². The van der Waals surface area contributed by atoms with Gasteiger partial charge < -0.3 is 10.6 Å². The summed E-state index contributed by atoms with van der Waals surface area (Å²) >= 11 is 0.614. The lowest BCUT2D eigenvalue weighted by molar-refractivity contribution is -0.121. The molecule has 1 aliphatic rings. The summed E-state index contributed by atoms with van der Waals surface area (Å²) in [6.45, 7) is 0.402. The quantitative estimate of drug-likeness (QED) is 0.790. The molecule has 1 aliphatic heterocycles. The lowest BCUT2D eigenvalue weighted by Gasteiger charge is -2.10. The average molecular weight is 353 g/mol. The topological polar surface area (TPSA) is 96.0 Å². The molecule has 1 aromatic carbocycles. The Morgan fingerprint density at radius 2 is 2.04 bits per heavy atom. The molecule has 10 heteroatoms. The maximum Gasteiger partial charge on any atom is 0.325 e. The summed E-state index contributed by atoms with van der Waals surface area (Å²) in [5.74, 6) is -0.00967. The third-order valence-electron chi connectivity index (χ3n) is 3.41.